The molecule has 0 spiro atoms. The standard InChI is InChI=1S/C72H117NO3/c1-3-5-7-9-11-13-15-17-19-21-23-25-27-29-30-31-32-33-34-35-36-37-38-39-40-41-42-44-46-48-50-52-54-56-58-60-62-64-66-68-72(76)73-70(69-74)71(75)67-65-63-61-59-57-55-53-51-49-47-45-43-28-26-24-22-20-18-16-14-12-10-8-6-4-2/h5,7,11,13,17,19,23,25,29-30,32-33,35-36,38-39,41-42,46,48,52,54,57-60,65,67,70-71,74-75H,3-4,6,8-10,12,14-16,18,20-22,24,26-28,31,34,37,40,43-45,47,49-51,53,55-56,61-64,66,68-69H2,1-2H3,(H,73,76)/b7-5-,13-11-,19-17-,25-23-,30-29-,33-32-,36-35-,39-38-,42-41-,48-46-,54-52-,59-57+,60-58-,67-65+. The van der Waals surface area contributed by atoms with E-state index in [0.717, 1.165) is 116 Å². The fraction of sp³-hybridized carbons (Fsp3) is 0.597. The van der Waals surface area contributed by atoms with Gasteiger partial charge in [-0.1, -0.05) is 300 Å². The molecule has 4 heteroatoms. The summed E-state index contributed by atoms with van der Waals surface area (Å²) in [4.78, 5) is 12.5. The summed E-state index contributed by atoms with van der Waals surface area (Å²) in [5, 5.41) is 23.1. The molecule has 3 N–H and O–H groups in total. The van der Waals surface area contributed by atoms with Gasteiger partial charge in [-0.25, -0.2) is 0 Å². The van der Waals surface area contributed by atoms with E-state index in [1.165, 1.54) is 122 Å². The van der Waals surface area contributed by atoms with Gasteiger partial charge in [0.1, 0.15) is 0 Å². The summed E-state index contributed by atoms with van der Waals surface area (Å²) in [5.41, 5.74) is 0. The third-order valence-corrected chi connectivity index (χ3v) is 13.2. The number of carbonyl (C=O) groups is 1. The van der Waals surface area contributed by atoms with Crippen molar-refractivity contribution in [1.82, 2.24) is 5.32 Å². The Morgan fingerprint density at radius 3 is 0.921 bits per heavy atom. The van der Waals surface area contributed by atoms with Crippen molar-refractivity contribution in [2.45, 2.75) is 270 Å². The molecule has 2 atom stereocenters. The second-order valence-electron chi connectivity index (χ2n) is 20.4. The molecule has 1 amide bonds. The van der Waals surface area contributed by atoms with Gasteiger partial charge in [-0.15, -0.1) is 0 Å². The Bertz CT molecular complexity index is 1660. The Morgan fingerprint density at radius 2 is 0.592 bits per heavy atom. The van der Waals surface area contributed by atoms with E-state index in [4.69, 9.17) is 0 Å². The lowest BCUT2D eigenvalue weighted by molar-refractivity contribution is -0.123. The highest BCUT2D eigenvalue weighted by atomic mass is 16.3. The normalized spacial score (nSPS) is 14.0. The van der Waals surface area contributed by atoms with Crippen LogP contribution in [0.15, 0.2) is 170 Å². The SMILES string of the molecule is CC/C=C\C/C=C\C/C=C\C/C=C\C/C=C\C/C=C\C/C=C\C/C=C\C/C=C\C/C=C\C/C=C\C/C=C\CCCCC(=O)NC(CO)C(O)/C=C/CC/C=C/CCCCCCCCCCCCCCCCCCCCC. The Kier molecular flexibility index (Phi) is 61.4. The maximum Gasteiger partial charge on any atom is 0.220 e. The zero-order valence-corrected chi connectivity index (χ0v) is 49.2. The van der Waals surface area contributed by atoms with Crippen molar-refractivity contribution in [3.05, 3.63) is 170 Å². The zero-order chi connectivity index (χ0) is 54.8. The number of hydrogen-bond donors (Lipinski definition) is 3. The largest absolute Gasteiger partial charge is 0.394 e. The number of rotatable bonds is 55. The smallest absolute Gasteiger partial charge is 0.220 e. The minimum Gasteiger partial charge on any atom is -0.394 e. The quantitative estimate of drug-likeness (QED) is 0.0420. The first-order valence-corrected chi connectivity index (χ1v) is 31.3. The molecule has 0 aliphatic heterocycles. The molecule has 4 nitrogen and oxygen atoms in total. The van der Waals surface area contributed by atoms with Crippen molar-refractivity contribution in [3.8, 4) is 0 Å². The fourth-order valence-corrected chi connectivity index (χ4v) is 8.47. The molecule has 0 aliphatic carbocycles. The second-order valence-corrected chi connectivity index (χ2v) is 20.4. The highest BCUT2D eigenvalue weighted by molar-refractivity contribution is 5.76. The second kappa shape index (κ2) is 65.0. The third kappa shape index (κ3) is 60.6. The molecule has 0 aliphatic rings. The van der Waals surface area contributed by atoms with Gasteiger partial charge in [-0.05, 0) is 122 Å². The summed E-state index contributed by atoms with van der Waals surface area (Å²) in [6.07, 6.45) is 105. The van der Waals surface area contributed by atoms with Gasteiger partial charge >= 0.3 is 0 Å². The van der Waals surface area contributed by atoms with Gasteiger partial charge in [-0.2, -0.15) is 0 Å². The van der Waals surface area contributed by atoms with E-state index in [2.05, 4.69) is 177 Å². The number of allylic oxidation sites excluding steroid dienone is 27. The average Bonchev–Trinajstić information content (AvgIpc) is 3.42. The van der Waals surface area contributed by atoms with Crippen molar-refractivity contribution < 1.29 is 15.0 Å². The molecular weight excluding hydrogens is 927 g/mol. The minimum atomic E-state index is -0.895. The van der Waals surface area contributed by atoms with Crippen molar-refractivity contribution in [3.63, 3.8) is 0 Å². The molecule has 0 heterocycles. The average molecular weight is 1040 g/mol. The number of hydrogen-bond acceptors (Lipinski definition) is 3. The highest BCUT2D eigenvalue weighted by Crippen LogP contribution is 2.15. The van der Waals surface area contributed by atoms with Crippen molar-refractivity contribution in [2.75, 3.05) is 6.61 Å². The summed E-state index contributed by atoms with van der Waals surface area (Å²) in [7, 11) is 0. The monoisotopic (exact) mass is 1040 g/mol. The number of nitrogens with one attached hydrogen (secondary N) is 1. The van der Waals surface area contributed by atoms with Gasteiger partial charge in [0.15, 0.2) is 0 Å². The van der Waals surface area contributed by atoms with Gasteiger partial charge in [0, 0.05) is 6.42 Å². The predicted molar refractivity (Wildman–Crippen MR) is 340 cm³/mol. The van der Waals surface area contributed by atoms with Crippen LogP contribution in [0, 0.1) is 0 Å². The molecule has 0 saturated carbocycles. The molecule has 0 bridgehead atoms. The van der Waals surface area contributed by atoms with Crippen molar-refractivity contribution in [2.24, 2.45) is 0 Å². The predicted octanol–water partition coefficient (Wildman–Crippen LogP) is 21.5. The molecule has 76 heavy (non-hydrogen) atoms. The van der Waals surface area contributed by atoms with Crippen LogP contribution < -0.4 is 5.32 Å². The van der Waals surface area contributed by atoms with Crippen LogP contribution in [-0.4, -0.2) is 34.9 Å². The van der Waals surface area contributed by atoms with E-state index in [9.17, 15) is 15.0 Å². The molecule has 0 rings (SSSR count). The van der Waals surface area contributed by atoms with Crippen molar-refractivity contribution in [1.29, 1.82) is 0 Å². The lowest BCUT2D eigenvalue weighted by Crippen LogP contribution is -2.45. The van der Waals surface area contributed by atoms with E-state index >= 15 is 0 Å². The fourth-order valence-electron chi connectivity index (χ4n) is 8.47. The zero-order valence-electron chi connectivity index (χ0n) is 49.2. The molecule has 0 aromatic heterocycles. The number of carbonyl (C=O) groups excluding carboxylic acids is 1. The Balaban J connectivity index is 3.73. The van der Waals surface area contributed by atoms with E-state index in [0.29, 0.717) is 6.42 Å². The van der Waals surface area contributed by atoms with E-state index in [1.54, 1.807) is 6.08 Å². The van der Waals surface area contributed by atoms with E-state index < -0.39 is 12.1 Å². The van der Waals surface area contributed by atoms with Gasteiger partial charge in [0.25, 0.3) is 0 Å². The number of unbranched alkanes of at least 4 members (excludes halogenated alkanes) is 22. The summed E-state index contributed by atoms with van der Waals surface area (Å²) in [5.74, 6) is -0.121. The topological polar surface area (TPSA) is 69.6 Å². The lowest BCUT2D eigenvalue weighted by atomic mass is 10.0. The van der Waals surface area contributed by atoms with Crippen molar-refractivity contribution >= 4 is 5.91 Å². The Hall–Kier alpha value is -4.25. The summed E-state index contributed by atoms with van der Waals surface area (Å²) >= 11 is 0. The van der Waals surface area contributed by atoms with Crippen LogP contribution >= 0.6 is 0 Å². The van der Waals surface area contributed by atoms with Gasteiger partial charge in [0.2, 0.25) is 5.91 Å². The van der Waals surface area contributed by atoms with Crippen LogP contribution in [0.25, 0.3) is 0 Å². The molecule has 428 valence electrons. The van der Waals surface area contributed by atoms with E-state index in [-0.39, 0.29) is 12.5 Å². The first-order chi connectivity index (χ1) is 37.7. The highest BCUT2D eigenvalue weighted by Gasteiger charge is 2.17. The molecule has 0 fully saturated rings. The number of aliphatic hydroxyl groups is 2. The molecule has 0 radical (unpaired) electrons. The maximum atomic E-state index is 12.5. The number of aliphatic hydroxyl groups excluding tert-OH is 2. The van der Waals surface area contributed by atoms with E-state index in [1.807, 2.05) is 6.08 Å². The Labute approximate surface area is 470 Å². The van der Waals surface area contributed by atoms with Crippen LogP contribution in [0.1, 0.15) is 258 Å². The minimum absolute atomic E-state index is 0.121. The molecule has 0 aromatic carbocycles. The molecular formula is C72H117NO3. The van der Waals surface area contributed by atoms with Crippen LogP contribution in [0.3, 0.4) is 0 Å². The van der Waals surface area contributed by atoms with Crippen LogP contribution in [0.5, 0.6) is 0 Å². The Morgan fingerprint density at radius 1 is 0.329 bits per heavy atom. The van der Waals surface area contributed by atoms with Gasteiger partial charge < -0.3 is 15.5 Å². The third-order valence-electron chi connectivity index (χ3n) is 13.2. The molecule has 2 unspecified atom stereocenters. The summed E-state index contributed by atoms with van der Waals surface area (Å²) in [6.45, 7) is 4.17. The van der Waals surface area contributed by atoms with Crippen LogP contribution in [0.4, 0.5) is 0 Å². The first-order valence-electron chi connectivity index (χ1n) is 31.3. The maximum absolute atomic E-state index is 12.5. The van der Waals surface area contributed by atoms with Gasteiger partial charge in [0.05, 0.1) is 18.8 Å². The van der Waals surface area contributed by atoms with Gasteiger partial charge in [-0.3, -0.25) is 4.79 Å². The number of amides is 1. The summed E-state index contributed by atoms with van der Waals surface area (Å²) in [6, 6.07) is -0.677. The molecule has 0 saturated heterocycles. The molecule has 0 aromatic rings. The first kappa shape index (κ1) is 71.8. The van der Waals surface area contributed by atoms with Crippen LogP contribution in [-0.2, 0) is 4.79 Å². The summed E-state index contributed by atoms with van der Waals surface area (Å²) < 4.78 is 0. The lowest BCUT2D eigenvalue weighted by Gasteiger charge is -2.19. The van der Waals surface area contributed by atoms with Crippen LogP contribution in [0.2, 0.25) is 0 Å².